The molecule has 1 unspecified atom stereocenters. The minimum atomic E-state index is -0.496. The molecule has 3 N–H and O–H groups in total. The number of hydrogen-bond donors (Lipinski definition) is 3. The van der Waals surface area contributed by atoms with Gasteiger partial charge in [-0.25, -0.2) is 0 Å². The van der Waals surface area contributed by atoms with Gasteiger partial charge >= 0.3 is 0 Å². The van der Waals surface area contributed by atoms with Crippen molar-refractivity contribution in [3.05, 3.63) is 166 Å². The third kappa shape index (κ3) is 8.56. The van der Waals surface area contributed by atoms with Crippen LogP contribution in [-0.2, 0) is 9.59 Å². The van der Waals surface area contributed by atoms with E-state index >= 15 is 0 Å². The van der Waals surface area contributed by atoms with Crippen molar-refractivity contribution in [3.63, 3.8) is 0 Å². The van der Waals surface area contributed by atoms with Crippen molar-refractivity contribution in [2.75, 3.05) is 10.6 Å². The second kappa shape index (κ2) is 15.0. The maximum absolute atomic E-state index is 13.4. The first-order chi connectivity index (χ1) is 21.4. The average molecular weight is 663 g/mol. The smallest absolute Gasteiger partial charge is 0.272 e. The molecule has 0 saturated carbocycles. The number of rotatable bonds is 10. The number of carbonyl (C=O) groups excluding carboxylic acids is 3. The molecule has 6 nitrogen and oxygen atoms in total. The molecule has 44 heavy (non-hydrogen) atoms. The lowest BCUT2D eigenvalue weighted by atomic mass is 10.1. The van der Waals surface area contributed by atoms with Crippen molar-refractivity contribution >= 4 is 62.9 Å². The molecule has 0 fully saturated rings. The minimum Gasteiger partial charge on any atom is -0.325 e. The summed E-state index contributed by atoms with van der Waals surface area (Å²) in [6, 6.07) is 42.3. The summed E-state index contributed by atoms with van der Waals surface area (Å²) in [6.07, 6.45) is 1.63. The van der Waals surface area contributed by atoms with Gasteiger partial charge in [-0.3, -0.25) is 14.4 Å². The van der Waals surface area contributed by atoms with Gasteiger partial charge in [-0.2, -0.15) is 0 Å². The summed E-state index contributed by atoms with van der Waals surface area (Å²) in [7, 11) is 0. The Labute approximate surface area is 268 Å². The van der Waals surface area contributed by atoms with E-state index in [-0.39, 0.29) is 11.6 Å². The number of halogens is 1. The largest absolute Gasteiger partial charge is 0.325 e. The highest BCUT2D eigenvalue weighted by Crippen LogP contribution is 2.36. The number of amides is 3. The van der Waals surface area contributed by atoms with Crippen LogP contribution in [0.5, 0.6) is 0 Å². The number of benzene rings is 5. The molecule has 1 atom stereocenters. The van der Waals surface area contributed by atoms with Crippen LogP contribution in [0.15, 0.2) is 155 Å². The molecule has 0 aromatic heterocycles. The number of anilines is 2. The van der Waals surface area contributed by atoms with Crippen LogP contribution in [0, 0.1) is 0 Å². The van der Waals surface area contributed by atoms with E-state index in [1.165, 1.54) is 11.8 Å². The third-order valence-corrected chi connectivity index (χ3v) is 8.20. The molecule has 0 aliphatic rings. The van der Waals surface area contributed by atoms with Gasteiger partial charge in [0.1, 0.15) is 10.9 Å². The second-order valence-corrected chi connectivity index (χ2v) is 11.8. The maximum atomic E-state index is 13.4. The van der Waals surface area contributed by atoms with Gasteiger partial charge in [-0.15, -0.1) is 11.8 Å². The van der Waals surface area contributed by atoms with Crippen LogP contribution >= 0.6 is 27.7 Å². The van der Waals surface area contributed by atoms with Gasteiger partial charge in [0, 0.05) is 26.3 Å². The number of para-hydroxylation sites is 1. The number of hydrogen-bond acceptors (Lipinski definition) is 4. The molecule has 218 valence electrons. The monoisotopic (exact) mass is 661 g/mol. The van der Waals surface area contributed by atoms with E-state index < -0.39 is 17.1 Å². The van der Waals surface area contributed by atoms with E-state index in [9.17, 15) is 14.4 Å². The molecule has 0 aliphatic heterocycles. The molecule has 5 rings (SSSR count). The van der Waals surface area contributed by atoms with E-state index in [2.05, 4.69) is 31.9 Å². The molecular formula is C36H28BrN3O3S. The Kier molecular flexibility index (Phi) is 10.4. The Morgan fingerprint density at radius 1 is 0.659 bits per heavy atom. The van der Waals surface area contributed by atoms with Crippen molar-refractivity contribution in [1.29, 1.82) is 0 Å². The van der Waals surface area contributed by atoms with Gasteiger partial charge in [0.05, 0.1) is 0 Å². The van der Waals surface area contributed by atoms with Crippen LogP contribution in [0.25, 0.3) is 6.08 Å². The van der Waals surface area contributed by atoms with Crippen LogP contribution in [0.4, 0.5) is 11.4 Å². The summed E-state index contributed by atoms with van der Waals surface area (Å²) < 4.78 is 0.847. The Morgan fingerprint density at radius 3 is 1.93 bits per heavy atom. The predicted octanol–water partition coefficient (Wildman–Crippen LogP) is 8.33. The summed E-state index contributed by atoms with van der Waals surface area (Å²) in [6.45, 7) is 0. The minimum absolute atomic E-state index is 0.0946. The SMILES string of the molecule is O=C(Nc1ccc(SC(C(=O)Nc2ccccc2)c2ccccc2)cc1)/C(=C/c1cccc(Br)c1)NC(=O)c1ccccc1. The summed E-state index contributed by atoms with van der Waals surface area (Å²) >= 11 is 4.86. The molecule has 0 aliphatic carbocycles. The van der Waals surface area contributed by atoms with Gasteiger partial charge < -0.3 is 16.0 Å². The van der Waals surface area contributed by atoms with Gasteiger partial charge in [-0.05, 0) is 77.9 Å². The van der Waals surface area contributed by atoms with Gasteiger partial charge in [0.15, 0.2) is 0 Å². The first-order valence-corrected chi connectivity index (χ1v) is 15.4. The lowest BCUT2D eigenvalue weighted by Crippen LogP contribution is -2.30. The number of carbonyl (C=O) groups is 3. The van der Waals surface area contributed by atoms with Gasteiger partial charge in [0.2, 0.25) is 5.91 Å². The maximum Gasteiger partial charge on any atom is 0.272 e. The van der Waals surface area contributed by atoms with E-state index in [4.69, 9.17) is 0 Å². The van der Waals surface area contributed by atoms with Crippen molar-refractivity contribution < 1.29 is 14.4 Å². The molecule has 8 heteroatoms. The van der Waals surface area contributed by atoms with Crippen molar-refractivity contribution in [1.82, 2.24) is 5.32 Å². The Hall–Kier alpha value is -4.92. The van der Waals surface area contributed by atoms with E-state index in [0.717, 1.165) is 26.2 Å². The highest BCUT2D eigenvalue weighted by molar-refractivity contribution is 9.10. The van der Waals surface area contributed by atoms with Crippen LogP contribution in [0.3, 0.4) is 0 Å². The fourth-order valence-corrected chi connectivity index (χ4v) is 5.73. The third-order valence-electron chi connectivity index (χ3n) is 6.44. The molecule has 0 radical (unpaired) electrons. The standard InChI is InChI=1S/C36H28BrN3O3S/c37-28-16-10-11-25(23-28)24-32(40-34(41)27-14-6-2-7-15-27)35(42)38-30-19-21-31(22-20-30)44-33(26-12-4-1-5-13-26)36(43)39-29-17-8-3-9-18-29/h1-24,33H,(H,38,42)(H,39,43)(H,40,41)/b32-24-. The Bertz CT molecular complexity index is 1760. The first-order valence-electron chi connectivity index (χ1n) is 13.8. The second-order valence-electron chi connectivity index (χ2n) is 9.68. The van der Waals surface area contributed by atoms with Crippen LogP contribution < -0.4 is 16.0 Å². The Balaban J connectivity index is 1.32. The molecule has 3 amide bonds. The molecule has 0 bridgehead atoms. The first kappa shape index (κ1) is 30.5. The zero-order chi connectivity index (χ0) is 30.7. The fraction of sp³-hybridized carbons (Fsp3) is 0.0278. The summed E-state index contributed by atoms with van der Waals surface area (Å²) in [5.41, 5.74) is 3.41. The predicted molar refractivity (Wildman–Crippen MR) is 181 cm³/mol. The number of nitrogens with one attached hydrogen (secondary N) is 3. The molecule has 5 aromatic rings. The van der Waals surface area contributed by atoms with Gasteiger partial charge in [-0.1, -0.05) is 94.8 Å². The molecule has 5 aromatic carbocycles. The number of thioether (sulfide) groups is 1. The average Bonchev–Trinajstić information content (AvgIpc) is 3.05. The summed E-state index contributed by atoms with van der Waals surface area (Å²) in [5.74, 6) is -1.00. The zero-order valence-corrected chi connectivity index (χ0v) is 25.8. The molecule has 0 saturated heterocycles. The van der Waals surface area contributed by atoms with Crippen LogP contribution in [0.1, 0.15) is 26.7 Å². The molecule has 0 heterocycles. The lowest BCUT2D eigenvalue weighted by molar-refractivity contribution is -0.116. The molecular weight excluding hydrogens is 634 g/mol. The summed E-state index contributed by atoms with van der Waals surface area (Å²) in [4.78, 5) is 40.5. The van der Waals surface area contributed by atoms with Gasteiger partial charge in [0.25, 0.3) is 11.8 Å². The highest BCUT2D eigenvalue weighted by atomic mass is 79.9. The van der Waals surface area contributed by atoms with E-state index in [0.29, 0.717) is 11.3 Å². The normalized spacial score (nSPS) is 11.7. The van der Waals surface area contributed by atoms with Crippen molar-refractivity contribution in [3.8, 4) is 0 Å². The fourth-order valence-electron chi connectivity index (χ4n) is 4.29. The van der Waals surface area contributed by atoms with E-state index in [1.54, 1.807) is 42.5 Å². The van der Waals surface area contributed by atoms with Crippen LogP contribution in [0.2, 0.25) is 0 Å². The van der Waals surface area contributed by atoms with Crippen LogP contribution in [-0.4, -0.2) is 17.7 Å². The zero-order valence-electron chi connectivity index (χ0n) is 23.4. The summed E-state index contributed by atoms with van der Waals surface area (Å²) in [5, 5.41) is 8.14. The quantitative estimate of drug-likeness (QED) is 0.104. The van der Waals surface area contributed by atoms with Crippen molar-refractivity contribution in [2.45, 2.75) is 10.1 Å². The topological polar surface area (TPSA) is 87.3 Å². The Morgan fingerprint density at radius 2 is 1.27 bits per heavy atom. The lowest BCUT2D eigenvalue weighted by Gasteiger charge is -2.17. The van der Waals surface area contributed by atoms with E-state index in [1.807, 2.05) is 103 Å². The highest BCUT2D eigenvalue weighted by Gasteiger charge is 2.22. The van der Waals surface area contributed by atoms with Crippen molar-refractivity contribution in [2.24, 2.45) is 0 Å². The molecule has 0 spiro atoms.